The number of aromatic nitrogens is 1. The molecule has 0 radical (unpaired) electrons. The van der Waals surface area contributed by atoms with Crippen molar-refractivity contribution in [2.75, 3.05) is 13.7 Å². The first-order valence-electron chi connectivity index (χ1n) is 11.6. The average molecular weight is 528 g/mol. The fourth-order valence-corrected chi connectivity index (χ4v) is 5.46. The van der Waals surface area contributed by atoms with Crippen LogP contribution < -0.4 is 4.74 Å². The highest BCUT2D eigenvalue weighted by molar-refractivity contribution is 9.10. The van der Waals surface area contributed by atoms with Crippen LogP contribution in [-0.4, -0.2) is 28.9 Å². The lowest BCUT2D eigenvalue weighted by molar-refractivity contribution is -0.00346. The molecule has 0 saturated heterocycles. The van der Waals surface area contributed by atoms with Crippen LogP contribution in [0.4, 0.5) is 0 Å². The minimum absolute atomic E-state index is 0.139. The zero-order chi connectivity index (χ0) is 24.4. The number of hydrogen-bond donors (Lipinski definition) is 2. The Morgan fingerprint density at radius 3 is 2.40 bits per heavy atom. The number of hydrogen-bond acceptors (Lipinski definition) is 4. The Balaban J connectivity index is 1.85. The summed E-state index contributed by atoms with van der Waals surface area (Å²) in [6, 6.07) is 31.8. The van der Waals surface area contributed by atoms with E-state index < -0.39 is 11.5 Å². The molecular formula is C30H26BrNO3. The molecule has 0 aliphatic rings. The molecule has 0 aliphatic carbocycles. The third-order valence-corrected chi connectivity index (χ3v) is 7.13. The van der Waals surface area contributed by atoms with Crippen LogP contribution in [0.5, 0.6) is 5.88 Å². The molecule has 0 saturated carbocycles. The monoisotopic (exact) mass is 527 g/mol. The number of halogens is 1. The van der Waals surface area contributed by atoms with E-state index in [-0.39, 0.29) is 13.0 Å². The summed E-state index contributed by atoms with van der Waals surface area (Å²) < 4.78 is 6.73. The molecule has 35 heavy (non-hydrogen) atoms. The van der Waals surface area contributed by atoms with E-state index in [1.54, 1.807) is 7.11 Å². The van der Waals surface area contributed by atoms with E-state index in [0.717, 1.165) is 42.8 Å². The van der Waals surface area contributed by atoms with E-state index >= 15 is 0 Å². The molecule has 2 atom stereocenters. The Kier molecular flexibility index (Phi) is 6.56. The Morgan fingerprint density at radius 1 is 0.886 bits per heavy atom. The van der Waals surface area contributed by atoms with Gasteiger partial charge in [-0.25, -0.2) is 4.98 Å². The van der Waals surface area contributed by atoms with Crippen LogP contribution in [0.3, 0.4) is 0 Å². The first-order chi connectivity index (χ1) is 17.0. The quantitative estimate of drug-likeness (QED) is 0.251. The van der Waals surface area contributed by atoms with Gasteiger partial charge >= 0.3 is 0 Å². The number of rotatable bonds is 7. The molecule has 0 spiro atoms. The average Bonchev–Trinajstić information content (AvgIpc) is 2.89. The highest BCUT2D eigenvalue weighted by Crippen LogP contribution is 2.48. The minimum Gasteiger partial charge on any atom is -0.481 e. The van der Waals surface area contributed by atoms with Crippen molar-refractivity contribution in [3.05, 3.63) is 118 Å². The second kappa shape index (κ2) is 9.78. The molecule has 4 nitrogen and oxygen atoms in total. The van der Waals surface area contributed by atoms with Crippen LogP contribution in [0.2, 0.25) is 0 Å². The molecule has 0 unspecified atom stereocenters. The molecule has 0 bridgehead atoms. The van der Waals surface area contributed by atoms with Crippen LogP contribution in [0.25, 0.3) is 21.7 Å². The van der Waals surface area contributed by atoms with Gasteiger partial charge in [-0.15, -0.1) is 0 Å². The number of aliphatic hydroxyl groups is 2. The van der Waals surface area contributed by atoms with Crippen molar-refractivity contribution in [3.63, 3.8) is 0 Å². The molecule has 0 fully saturated rings. The molecule has 5 heteroatoms. The number of aliphatic hydroxyl groups excluding tert-OH is 1. The van der Waals surface area contributed by atoms with E-state index in [4.69, 9.17) is 9.72 Å². The molecule has 0 aliphatic heterocycles. The fourth-order valence-electron chi connectivity index (χ4n) is 5.08. The van der Waals surface area contributed by atoms with Gasteiger partial charge in [0.2, 0.25) is 5.88 Å². The molecule has 4 aromatic carbocycles. The Bertz CT molecular complexity index is 1480. The molecule has 5 rings (SSSR count). The van der Waals surface area contributed by atoms with Crippen molar-refractivity contribution in [2.45, 2.75) is 17.9 Å². The first-order valence-corrected chi connectivity index (χ1v) is 12.3. The van der Waals surface area contributed by atoms with Gasteiger partial charge in [0.25, 0.3) is 0 Å². The first kappa shape index (κ1) is 23.5. The number of ether oxygens (including phenoxy) is 1. The molecule has 5 aromatic rings. The Labute approximate surface area is 213 Å². The maximum Gasteiger partial charge on any atom is 0.217 e. The largest absolute Gasteiger partial charge is 0.481 e. The van der Waals surface area contributed by atoms with Crippen LogP contribution >= 0.6 is 15.9 Å². The normalized spacial score (nSPS) is 14.1. The second-order valence-corrected chi connectivity index (χ2v) is 9.61. The van der Waals surface area contributed by atoms with Gasteiger partial charge in [-0.2, -0.15) is 0 Å². The topological polar surface area (TPSA) is 62.6 Å². The smallest absolute Gasteiger partial charge is 0.217 e. The molecule has 2 N–H and O–H groups in total. The summed E-state index contributed by atoms with van der Waals surface area (Å²) in [6.07, 6.45) is 0.139. The highest BCUT2D eigenvalue weighted by atomic mass is 79.9. The molecule has 1 aromatic heterocycles. The standard InChI is InChI=1S/C30H26BrNO3/c1-35-29-25(19-22-18-23(31)14-15-27(22)32-29)28(21-9-3-2-4-10-21)30(34,16-17-33)26-13-7-11-20-8-5-6-12-24(20)26/h2-15,18-19,28,33-34H,16-17H2,1H3/t28-,30-/m1/s1. The Hall–Kier alpha value is -3.25. The number of nitrogens with zero attached hydrogens (tertiary/aromatic N) is 1. The lowest BCUT2D eigenvalue weighted by Crippen LogP contribution is -2.36. The maximum atomic E-state index is 12.6. The van der Waals surface area contributed by atoms with Gasteiger partial charge < -0.3 is 14.9 Å². The van der Waals surface area contributed by atoms with Crippen LogP contribution in [0, 0.1) is 0 Å². The summed E-state index contributed by atoms with van der Waals surface area (Å²) in [4.78, 5) is 4.79. The van der Waals surface area contributed by atoms with Gasteiger partial charge in [-0.3, -0.25) is 0 Å². The second-order valence-electron chi connectivity index (χ2n) is 8.69. The lowest BCUT2D eigenvalue weighted by atomic mass is 9.71. The molecular weight excluding hydrogens is 502 g/mol. The maximum absolute atomic E-state index is 12.6. The number of pyridine rings is 1. The molecule has 0 amide bonds. The Morgan fingerprint density at radius 2 is 1.63 bits per heavy atom. The summed E-state index contributed by atoms with van der Waals surface area (Å²) in [7, 11) is 1.60. The van der Waals surface area contributed by atoms with Gasteiger partial charge in [-0.05, 0) is 46.2 Å². The van der Waals surface area contributed by atoms with Crippen molar-refractivity contribution in [1.82, 2.24) is 4.98 Å². The van der Waals surface area contributed by atoms with E-state index in [0.29, 0.717) is 5.88 Å². The predicted molar refractivity (Wildman–Crippen MR) is 144 cm³/mol. The van der Waals surface area contributed by atoms with Crippen LogP contribution in [-0.2, 0) is 5.60 Å². The van der Waals surface area contributed by atoms with Gasteiger partial charge in [-0.1, -0.05) is 88.7 Å². The van der Waals surface area contributed by atoms with Crippen LogP contribution in [0.1, 0.15) is 29.0 Å². The van der Waals surface area contributed by atoms with Crippen molar-refractivity contribution in [1.29, 1.82) is 0 Å². The third kappa shape index (κ3) is 4.31. The molecule has 1 heterocycles. The number of fused-ring (bicyclic) bond motifs is 2. The van der Waals surface area contributed by atoms with Gasteiger partial charge in [0.15, 0.2) is 0 Å². The van der Waals surface area contributed by atoms with E-state index in [1.807, 2.05) is 97.1 Å². The molecule has 176 valence electrons. The van der Waals surface area contributed by atoms with Gasteiger partial charge in [0, 0.05) is 34.4 Å². The number of methoxy groups -OCH3 is 1. The minimum atomic E-state index is -1.44. The summed E-state index contributed by atoms with van der Waals surface area (Å²) in [5.74, 6) is -0.0993. The summed E-state index contributed by atoms with van der Waals surface area (Å²) in [5.41, 5.74) is 1.79. The number of benzene rings is 4. The van der Waals surface area contributed by atoms with E-state index in [2.05, 4.69) is 15.9 Å². The van der Waals surface area contributed by atoms with E-state index in [9.17, 15) is 10.2 Å². The fraction of sp³-hybridized carbons (Fsp3) is 0.167. The summed E-state index contributed by atoms with van der Waals surface area (Å²) in [5, 5.41) is 25.7. The van der Waals surface area contributed by atoms with Gasteiger partial charge in [0.05, 0.1) is 12.6 Å². The van der Waals surface area contributed by atoms with Crippen molar-refractivity contribution in [2.24, 2.45) is 0 Å². The van der Waals surface area contributed by atoms with Crippen molar-refractivity contribution >= 4 is 37.6 Å². The van der Waals surface area contributed by atoms with Crippen molar-refractivity contribution in [3.8, 4) is 5.88 Å². The zero-order valence-corrected chi connectivity index (χ0v) is 20.9. The highest BCUT2D eigenvalue weighted by Gasteiger charge is 2.43. The van der Waals surface area contributed by atoms with Crippen molar-refractivity contribution < 1.29 is 14.9 Å². The summed E-state index contributed by atoms with van der Waals surface area (Å²) >= 11 is 3.56. The lowest BCUT2D eigenvalue weighted by Gasteiger charge is -2.38. The summed E-state index contributed by atoms with van der Waals surface area (Å²) in [6.45, 7) is -0.183. The predicted octanol–water partition coefficient (Wildman–Crippen LogP) is 6.56. The van der Waals surface area contributed by atoms with E-state index in [1.165, 1.54) is 0 Å². The zero-order valence-electron chi connectivity index (χ0n) is 19.4. The third-order valence-electron chi connectivity index (χ3n) is 6.63. The SMILES string of the molecule is COc1nc2ccc(Br)cc2cc1[C@@H](c1ccccc1)[C@@](O)(CCO)c1cccc2ccccc12. The van der Waals surface area contributed by atoms with Gasteiger partial charge in [0.1, 0.15) is 5.60 Å². The van der Waals surface area contributed by atoms with Crippen LogP contribution in [0.15, 0.2) is 102 Å².